The average Bonchev–Trinajstić information content (AvgIpc) is 2.53. The van der Waals surface area contributed by atoms with Crippen LogP contribution in [0.5, 0.6) is 0 Å². The van der Waals surface area contributed by atoms with E-state index in [-0.39, 0.29) is 30.0 Å². The van der Waals surface area contributed by atoms with Crippen molar-refractivity contribution in [1.82, 2.24) is 4.90 Å². The molecule has 1 unspecified atom stereocenters. The minimum Gasteiger partial charge on any atom is -0.339 e. The summed E-state index contributed by atoms with van der Waals surface area (Å²) >= 11 is 0. The van der Waals surface area contributed by atoms with Crippen LogP contribution in [0.4, 0.5) is 8.78 Å². The standard InChI is InChI=1S/C18H19F2NO/c1-13(15-8-4-6-10-17(15)20)21(2)18(22)12-11-14-7-3-5-9-16(14)19/h3-10,13H,11-12H2,1-2H3. The van der Waals surface area contributed by atoms with Crippen LogP contribution < -0.4 is 0 Å². The van der Waals surface area contributed by atoms with E-state index in [1.165, 1.54) is 17.0 Å². The molecule has 2 rings (SSSR count). The smallest absolute Gasteiger partial charge is 0.223 e. The van der Waals surface area contributed by atoms with Crippen LogP contribution in [0.25, 0.3) is 0 Å². The largest absolute Gasteiger partial charge is 0.339 e. The van der Waals surface area contributed by atoms with Gasteiger partial charge < -0.3 is 4.90 Å². The van der Waals surface area contributed by atoms with Gasteiger partial charge >= 0.3 is 0 Å². The van der Waals surface area contributed by atoms with Gasteiger partial charge in [-0.1, -0.05) is 36.4 Å². The summed E-state index contributed by atoms with van der Waals surface area (Å²) in [5.74, 6) is -0.775. The Labute approximate surface area is 129 Å². The van der Waals surface area contributed by atoms with Crippen LogP contribution in [0, 0.1) is 11.6 Å². The Hall–Kier alpha value is -2.23. The van der Waals surface area contributed by atoms with E-state index in [0.717, 1.165) is 0 Å². The number of amides is 1. The van der Waals surface area contributed by atoms with Gasteiger partial charge in [-0.3, -0.25) is 4.79 Å². The van der Waals surface area contributed by atoms with Crippen molar-refractivity contribution in [3.05, 3.63) is 71.3 Å². The molecule has 2 aromatic rings. The fourth-order valence-electron chi connectivity index (χ4n) is 2.36. The van der Waals surface area contributed by atoms with Gasteiger partial charge in [0, 0.05) is 19.0 Å². The van der Waals surface area contributed by atoms with Crippen LogP contribution in [-0.4, -0.2) is 17.9 Å². The molecule has 0 spiro atoms. The quantitative estimate of drug-likeness (QED) is 0.813. The average molecular weight is 303 g/mol. The molecule has 0 aliphatic rings. The van der Waals surface area contributed by atoms with Crippen molar-refractivity contribution in [3.63, 3.8) is 0 Å². The zero-order valence-electron chi connectivity index (χ0n) is 12.7. The molecule has 2 nitrogen and oxygen atoms in total. The summed E-state index contributed by atoms with van der Waals surface area (Å²) in [6.07, 6.45) is 0.524. The third kappa shape index (κ3) is 3.70. The molecule has 0 saturated carbocycles. The van der Waals surface area contributed by atoms with E-state index in [4.69, 9.17) is 0 Å². The predicted molar refractivity (Wildman–Crippen MR) is 82.3 cm³/mol. The Balaban J connectivity index is 2.00. The molecule has 0 aromatic heterocycles. The van der Waals surface area contributed by atoms with Crippen molar-refractivity contribution >= 4 is 5.91 Å². The third-order valence-corrected chi connectivity index (χ3v) is 3.90. The molecular formula is C18H19F2NO. The Morgan fingerprint density at radius 1 is 1.05 bits per heavy atom. The van der Waals surface area contributed by atoms with Crippen molar-refractivity contribution in [2.24, 2.45) is 0 Å². The first-order chi connectivity index (χ1) is 10.5. The lowest BCUT2D eigenvalue weighted by molar-refractivity contribution is -0.131. The van der Waals surface area contributed by atoms with Crippen molar-refractivity contribution in [1.29, 1.82) is 0 Å². The van der Waals surface area contributed by atoms with Gasteiger partial charge in [-0.25, -0.2) is 8.78 Å². The van der Waals surface area contributed by atoms with Crippen LogP contribution in [0.3, 0.4) is 0 Å². The summed E-state index contributed by atoms with van der Waals surface area (Å²) in [7, 11) is 1.64. The second-order valence-electron chi connectivity index (χ2n) is 5.29. The summed E-state index contributed by atoms with van der Waals surface area (Å²) in [5.41, 5.74) is 0.993. The number of hydrogen-bond donors (Lipinski definition) is 0. The lowest BCUT2D eigenvalue weighted by Crippen LogP contribution is -2.30. The highest BCUT2D eigenvalue weighted by atomic mass is 19.1. The number of carbonyl (C=O) groups excluding carboxylic acids is 1. The Morgan fingerprint density at radius 3 is 2.27 bits per heavy atom. The van der Waals surface area contributed by atoms with E-state index in [0.29, 0.717) is 17.5 Å². The van der Waals surface area contributed by atoms with Crippen LogP contribution in [0.1, 0.15) is 30.5 Å². The van der Waals surface area contributed by atoms with Crippen molar-refractivity contribution in [2.75, 3.05) is 7.05 Å². The molecule has 0 bridgehead atoms. The fraction of sp³-hybridized carbons (Fsp3) is 0.278. The number of rotatable bonds is 5. The van der Waals surface area contributed by atoms with E-state index >= 15 is 0 Å². The molecule has 2 aromatic carbocycles. The molecule has 22 heavy (non-hydrogen) atoms. The molecule has 1 amide bonds. The molecule has 0 aliphatic heterocycles. The first kappa shape index (κ1) is 16.1. The summed E-state index contributed by atoms with van der Waals surface area (Å²) in [6.45, 7) is 1.78. The third-order valence-electron chi connectivity index (χ3n) is 3.90. The number of hydrogen-bond acceptors (Lipinski definition) is 1. The summed E-state index contributed by atoms with van der Waals surface area (Å²) < 4.78 is 27.3. The number of aryl methyl sites for hydroxylation is 1. The second kappa shape index (κ2) is 7.16. The highest BCUT2D eigenvalue weighted by molar-refractivity contribution is 5.76. The SMILES string of the molecule is CC(c1ccccc1F)N(C)C(=O)CCc1ccccc1F. The minimum atomic E-state index is -0.366. The van der Waals surface area contributed by atoms with Crippen LogP contribution in [0.2, 0.25) is 0 Å². The van der Waals surface area contributed by atoms with Crippen molar-refractivity contribution in [2.45, 2.75) is 25.8 Å². The maximum atomic E-state index is 13.8. The molecule has 0 aliphatic carbocycles. The van der Waals surface area contributed by atoms with Crippen LogP contribution in [-0.2, 0) is 11.2 Å². The molecule has 116 valence electrons. The highest BCUT2D eigenvalue weighted by Gasteiger charge is 2.19. The van der Waals surface area contributed by atoms with Crippen LogP contribution >= 0.6 is 0 Å². The number of benzene rings is 2. The summed E-state index contributed by atoms with van der Waals surface area (Å²) in [6, 6.07) is 12.5. The van der Waals surface area contributed by atoms with E-state index in [1.807, 2.05) is 0 Å². The number of nitrogens with zero attached hydrogens (tertiary/aromatic N) is 1. The first-order valence-electron chi connectivity index (χ1n) is 7.24. The molecule has 1 atom stereocenters. The summed E-state index contributed by atoms with van der Waals surface area (Å²) in [4.78, 5) is 13.7. The number of carbonyl (C=O) groups is 1. The maximum absolute atomic E-state index is 13.8. The zero-order chi connectivity index (χ0) is 16.1. The minimum absolute atomic E-state index is 0.140. The van der Waals surface area contributed by atoms with Crippen LogP contribution in [0.15, 0.2) is 48.5 Å². The lowest BCUT2D eigenvalue weighted by Gasteiger charge is -2.25. The Bertz CT molecular complexity index is 657. The number of halogens is 2. The molecule has 0 saturated heterocycles. The molecule has 0 radical (unpaired) electrons. The van der Waals surface area contributed by atoms with Gasteiger partial charge in [-0.15, -0.1) is 0 Å². The summed E-state index contributed by atoms with van der Waals surface area (Å²) in [5, 5.41) is 0. The topological polar surface area (TPSA) is 20.3 Å². The maximum Gasteiger partial charge on any atom is 0.223 e. The van der Waals surface area contributed by atoms with Gasteiger partial charge in [-0.05, 0) is 31.0 Å². The fourth-order valence-corrected chi connectivity index (χ4v) is 2.36. The Kier molecular flexibility index (Phi) is 5.26. The van der Waals surface area contributed by atoms with Crippen molar-refractivity contribution in [3.8, 4) is 0 Å². The normalized spacial score (nSPS) is 12.0. The van der Waals surface area contributed by atoms with Crippen molar-refractivity contribution < 1.29 is 13.6 Å². The van der Waals surface area contributed by atoms with E-state index in [9.17, 15) is 13.6 Å². The molecule has 0 fully saturated rings. The molecule has 4 heteroatoms. The second-order valence-corrected chi connectivity index (χ2v) is 5.29. The van der Waals surface area contributed by atoms with E-state index < -0.39 is 0 Å². The first-order valence-corrected chi connectivity index (χ1v) is 7.24. The van der Waals surface area contributed by atoms with Gasteiger partial charge in [0.2, 0.25) is 5.91 Å². The zero-order valence-corrected chi connectivity index (χ0v) is 12.7. The van der Waals surface area contributed by atoms with Gasteiger partial charge in [0.25, 0.3) is 0 Å². The van der Waals surface area contributed by atoms with Gasteiger partial charge in [0.15, 0.2) is 0 Å². The van der Waals surface area contributed by atoms with E-state index in [2.05, 4.69) is 0 Å². The Morgan fingerprint density at radius 2 is 1.64 bits per heavy atom. The monoisotopic (exact) mass is 303 g/mol. The predicted octanol–water partition coefficient (Wildman–Crippen LogP) is 4.12. The van der Waals surface area contributed by atoms with Gasteiger partial charge in [-0.2, -0.15) is 0 Å². The van der Waals surface area contributed by atoms with E-state index in [1.54, 1.807) is 50.4 Å². The molecule has 0 heterocycles. The lowest BCUT2D eigenvalue weighted by atomic mass is 10.0. The van der Waals surface area contributed by atoms with Gasteiger partial charge in [0.1, 0.15) is 11.6 Å². The molecule has 0 N–H and O–H groups in total. The highest BCUT2D eigenvalue weighted by Crippen LogP contribution is 2.22. The molecular weight excluding hydrogens is 284 g/mol. The van der Waals surface area contributed by atoms with Gasteiger partial charge in [0.05, 0.1) is 6.04 Å².